The van der Waals surface area contributed by atoms with Gasteiger partial charge in [0.25, 0.3) is 0 Å². The van der Waals surface area contributed by atoms with Crippen molar-refractivity contribution in [2.45, 2.75) is 57.0 Å². The fourth-order valence-electron chi connectivity index (χ4n) is 3.91. The zero-order valence-corrected chi connectivity index (χ0v) is 14.1. The first-order valence-corrected chi connectivity index (χ1v) is 9.26. The van der Waals surface area contributed by atoms with Gasteiger partial charge in [-0.2, -0.15) is 0 Å². The first-order chi connectivity index (χ1) is 11.2. The minimum Gasteiger partial charge on any atom is -0.335 e. The number of amides is 2. The van der Waals surface area contributed by atoms with Gasteiger partial charge in [-0.1, -0.05) is 19.3 Å². The summed E-state index contributed by atoms with van der Waals surface area (Å²) < 4.78 is 0. The minimum atomic E-state index is 0.0580. The highest BCUT2D eigenvalue weighted by Crippen LogP contribution is 2.17. The molecule has 0 aromatic carbocycles. The molecule has 2 saturated heterocycles. The lowest BCUT2D eigenvalue weighted by atomic mass is 9.96. The Morgan fingerprint density at radius 2 is 1.70 bits per heavy atom. The molecule has 0 aromatic rings. The quantitative estimate of drug-likeness (QED) is 0.809. The fraction of sp³-hybridized carbons (Fsp3) is 0.882. The molecule has 2 N–H and O–H groups in total. The van der Waals surface area contributed by atoms with Crippen molar-refractivity contribution in [3.8, 4) is 0 Å². The maximum absolute atomic E-state index is 12.3. The molecule has 0 radical (unpaired) electrons. The van der Waals surface area contributed by atoms with Crippen LogP contribution >= 0.6 is 0 Å². The van der Waals surface area contributed by atoms with Gasteiger partial charge in [0.05, 0.1) is 12.6 Å². The SMILES string of the molecule is O=C(CN1CCN(C(=O)NC2CCCCC2)CC1)[C@@H]1CCCN1. The van der Waals surface area contributed by atoms with Crippen LogP contribution in [0.1, 0.15) is 44.9 Å². The molecule has 1 atom stereocenters. The van der Waals surface area contributed by atoms with Crippen LogP contribution in [0.5, 0.6) is 0 Å². The van der Waals surface area contributed by atoms with Crippen LogP contribution in [-0.4, -0.2) is 73.0 Å². The Balaban J connectivity index is 1.37. The fourth-order valence-corrected chi connectivity index (χ4v) is 3.91. The molecule has 0 unspecified atom stereocenters. The van der Waals surface area contributed by atoms with Crippen molar-refractivity contribution in [2.24, 2.45) is 0 Å². The molecular weight excluding hydrogens is 292 g/mol. The number of hydrogen-bond acceptors (Lipinski definition) is 4. The van der Waals surface area contributed by atoms with Gasteiger partial charge in [0, 0.05) is 32.2 Å². The Kier molecular flexibility index (Phi) is 5.89. The molecule has 3 fully saturated rings. The number of piperazine rings is 1. The summed E-state index contributed by atoms with van der Waals surface area (Å²) in [6.07, 6.45) is 8.08. The molecule has 6 heteroatoms. The van der Waals surface area contributed by atoms with Crippen molar-refractivity contribution in [2.75, 3.05) is 39.3 Å². The van der Waals surface area contributed by atoms with Gasteiger partial charge in [-0.25, -0.2) is 4.79 Å². The van der Waals surface area contributed by atoms with E-state index in [1.165, 1.54) is 19.3 Å². The van der Waals surface area contributed by atoms with Gasteiger partial charge in [0.1, 0.15) is 0 Å². The van der Waals surface area contributed by atoms with Gasteiger partial charge in [0.15, 0.2) is 5.78 Å². The second-order valence-electron chi connectivity index (χ2n) is 7.16. The van der Waals surface area contributed by atoms with Gasteiger partial charge in [0.2, 0.25) is 0 Å². The average molecular weight is 322 g/mol. The lowest BCUT2D eigenvalue weighted by Crippen LogP contribution is -2.55. The van der Waals surface area contributed by atoms with E-state index in [1.54, 1.807) is 0 Å². The molecular formula is C17H30N4O2. The summed E-state index contributed by atoms with van der Waals surface area (Å²) in [6.45, 7) is 4.54. The molecule has 1 saturated carbocycles. The van der Waals surface area contributed by atoms with Crippen LogP contribution in [0.15, 0.2) is 0 Å². The molecule has 0 bridgehead atoms. The first-order valence-electron chi connectivity index (χ1n) is 9.26. The molecule has 0 spiro atoms. The number of rotatable bonds is 4. The van der Waals surface area contributed by atoms with E-state index in [9.17, 15) is 9.59 Å². The highest BCUT2D eigenvalue weighted by molar-refractivity contribution is 5.86. The number of urea groups is 1. The van der Waals surface area contributed by atoms with Gasteiger partial charge < -0.3 is 15.5 Å². The highest BCUT2D eigenvalue weighted by atomic mass is 16.2. The molecule has 3 rings (SSSR count). The second-order valence-corrected chi connectivity index (χ2v) is 7.16. The van der Waals surface area contributed by atoms with Gasteiger partial charge in [-0.05, 0) is 32.2 Å². The molecule has 2 aliphatic heterocycles. The van der Waals surface area contributed by atoms with Crippen molar-refractivity contribution in [1.82, 2.24) is 20.4 Å². The number of ketones is 1. The van der Waals surface area contributed by atoms with Crippen LogP contribution in [0.3, 0.4) is 0 Å². The number of Topliss-reactive ketones (excluding diaryl/α,β-unsaturated/α-hetero) is 1. The molecule has 2 heterocycles. The number of nitrogens with zero attached hydrogens (tertiary/aromatic N) is 2. The topological polar surface area (TPSA) is 64.7 Å². The molecule has 3 aliphatic rings. The Morgan fingerprint density at radius 1 is 0.957 bits per heavy atom. The highest BCUT2D eigenvalue weighted by Gasteiger charge is 2.27. The van der Waals surface area contributed by atoms with Gasteiger partial charge in [-0.3, -0.25) is 9.69 Å². The van der Waals surface area contributed by atoms with E-state index in [0.29, 0.717) is 18.4 Å². The zero-order valence-electron chi connectivity index (χ0n) is 14.1. The first kappa shape index (κ1) is 16.7. The predicted octanol–water partition coefficient (Wildman–Crippen LogP) is 0.967. The largest absolute Gasteiger partial charge is 0.335 e. The molecule has 1 aliphatic carbocycles. The van der Waals surface area contributed by atoms with Crippen LogP contribution in [0, 0.1) is 0 Å². The summed E-state index contributed by atoms with van der Waals surface area (Å²) >= 11 is 0. The summed E-state index contributed by atoms with van der Waals surface area (Å²) in [6, 6.07) is 0.507. The summed E-state index contributed by atoms with van der Waals surface area (Å²) in [4.78, 5) is 28.6. The number of hydrogen-bond donors (Lipinski definition) is 2. The van der Waals surface area contributed by atoms with E-state index < -0.39 is 0 Å². The maximum atomic E-state index is 12.3. The van der Waals surface area contributed by atoms with E-state index >= 15 is 0 Å². The van der Waals surface area contributed by atoms with Crippen LogP contribution in [0.4, 0.5) is 4.79 Å². The maximum Gasteiger partial charge on any atom is 0.317 e. The van der Waals surface area contributed by atoms with Gasteiger partial charge in [-0.15, -0.1) is 0 Å². The minimum absolute atomic E-state index is 0.0580. The Labute approximate surface area is 139 Å². The molecule has 23 heavy (non-hydrogen) atoms. The summed E-state index contributed by atoms with van der Waals surface area (Å²) in [7, 11) is 0. The summed E-state index contributed by atoms with van der Waals surface area (Å²) in [5, 5.41) is 6.45. The van der Waals surface area contributed by atoms with Crippen LogP contribution in [0.25, 0.3) is 0 Å². The zero-order chi connectivity index (χ0) is 16.1. The predicted molar refractivity (Wildman–Crippen MR) is 89.4 cm³/mol. The standard InChI is InChI=1S/C17H30N4O2/c22-16(15-7-4-8-18-15)13-20-9-11-21(12-10-20)17(23)19-14-5-2-1-3-6-14/h14-15,18H,1-13H2,(H,19,23)/t15-/m0/s1. The molecule has 2 amide bonds. The molecule has 130 valence electrons. The van der Waals surface area contributed by atoms with Crippen LogP contribution < -0.4 is 10.6 Å². The number of nitrogens with one attached hydrogen (secondary N) is 2. The van der Waals surface area contributed by atoms with E-state index in [1.807, 2.05) is 4.90 Å². The average Bonchev–Trinajstić information content (AvgIpc) is 3.11. The molecule has 6 nitrogen and oxygen atoms in total. The third kappa shape index (κ3) is 4.67. The normalized spacial score (nSPS) is 27.1. The van der Waals surface area contributed by atoms with Gasteiger partial charge >= 0.3 is 6.03 Å². The lowest BCUT2D eigenvalue weighted by Gasteiger charge is -2.36. The van der Waals surface area contributed by atoms with Crippen molar-refractivity contribution >= 4 is 11.8 Å². The third-order valence-electron chi connectivity index (χ3n) is 5.42. The molecule has 0 aromatic heterocycles. The van der Waals surface area contributed by atoms with Crippen molar-refractivity contribution in [3.05, 3.63) is 0 Å². The van der Waals surface area contributed by atoms with Crippen molar-refractivity contribution in [3.63, 3.8) is 0 Å². The van der Waals surface area contributed by atoms with E-state index in [0.717, 1.165) is 58.4 Å². The van der Waals surface area contributed by atoms with E-state index in [2.05, 4.69) is 15.5 Å². The van der Waals surface area contributed by atoms with Crippen molar-refractivity contribution < 1.29 is 9.59 Å². The van der Waals surface area contributed by atoms with Crippen LogP contribution in [-0.2, 0) is 4.79 Å². The summed E-state index contributed by atoms with van der Waals surface area (Å²) in [5.41, 5.74) is 0. The third-order valence-corrected chi connectivity index (χ3v) is 5.42. The Hall–Kier alpha value is -1.14. The van der Waals surface area contributed by atoms with Crippen LogP contribution in [0.2, 0.25) is 0 Å². The Bertz CT molecular complexity index is 409. The monoisotopic (exact) mass is 322 g/mol. The van der Waals surface area contributed by atoms with E-state index in [4.69, 9.17) is 0 Å². The number of carbonyl (C=O) groups excluding carboxylic acids is 2. The van der Waals surface area contributed by atoms with Crippen molar-refractivity contribution in [1.29, 1.82) is 0 Å². The lowest BCUT2D eigenvalue weighted by molar-refractivity contribution is -0.122. The number of carbonyl (C=O) groups is 2. The van der Waals surface area contributed by atoms with E-state index in [-0.39, 0.29) is 12.1 Å². The Morgan fingerprint density at radius 3 is 2.35 bits per heavy atom. The second kappa shape index (κ2) is 8.11. The smallest absolute Gasteiger partial charge is 0.317 e. The summed E-state index contributed by atoms with van der Waals surface area (Å²) in [5.74, 6) is 0.308.